The van der Waals surface area contributed by atoms with Gasteiger partial charge < -0.3 is 10.1 Å². The van der Waals surface area contributed by atoms with Crippen LogP contribution in [0.4, 0.5) is 10.1 Å². The Labute approximate surface area is 163 Å². The number of carbonyl (C=O) groups excluding carboxylic acids is 2. The van der Waals surface area contributed by atoms with Crippen LogP contribution in [-0.4, -0.2) is 32.4 Å². The normalized spacial score (nSPS) is 12.5. The van der Waals surface area contributed by atoms with Crippen LogP contribution in [0, 0.1) is 5.82 Å². The van der Waals surface area contributed by atoms with E-state index in [1.54, 1.807) is 13.8 Å². The highest BCUT2D eigenvalue weighted by Gasteiger charge is 2.20. The first kappa shape index (κ1) is 21.5. The van der Waals surface area contributed by atoms with Gasteiger partial charge >= 0.3 is 5.97 Å². The molecule has 0 aliphatic carbocycles. The Balaban J connectivity index is 1.98. The molecule has 2 aromatic rings. The van der Waals surface area contributed by atoms with Crippen molar-refractivity contribution in [2.24, 2.45) is 0 Å². The van der Waals surface area contributed by atoms with Crippen LogP contribution < -0.4 is 10.0 Å². The number of rotatable bonds is 7. The van der Waals surface area contributed by atoms with Gasteiger partial charge in [-0.1, -0.05) is 0 Å². The van der Waals surface area contributed by atoms with Crippen molar-refractivity contribution in [1.82, 2.24) is 4.72 Å². The molecule has 0 radical (unpaired) electrons. The van der Waals surface area contributed by atoms with Gasteiger partial charge in [-0.2, -0.15) is 0 Å². The Hall–Kier alpha value is -2.78. The minimum absolute atomic E-state index is 0.0648. The molecule has 0 saturated carbocycles. The van der Waals surface area contributed by atoms with Crippen molar-refractivity contribution in [2.45, 2.75) is 37.8 Å². The van der Waals surface area contributed by atoms with Crippen molar-refractivity contribution in [3.8, 4) is 0 Å². The minimum Gasteiger partial charge on any atom is -0.449 e. The molecular weight excluding hydrogens is 387 g/mol. The molecule has 0 unspecified atom stereocenters. The number of amides is 1. The van der Waals surface area contributed by atoms with Crippen molar-refractivity contribution in [3.63, 3.8) is 0 Å². The maximum atomic E-state index is 12.9. The molecule has 1 atom stereocenters. The van der Waals surface area contributed by atoms with Gasteiger partial charge in [-0.15, -0.1) is 0 Å². The van der Waals surface area contributed by atoms with Crippen molar-refractivity contribution in [1.29, 1.82) is 0 Å². The molecule has 2 aromatic carbocycles. The van der Waals surface area contributed by atoms with Gasteiger partial charge in [-0.25, -0.2) is 22.3 Å². The molecule has 28 heavy (non-hydrogen) atoms. The third-order valence-corrected chi connectivity index (χ3v) is 5.23. The number of hydrogen-bond acceptors (Lipinski definition) is 5. The standard InChI is InChI=1S/C19H21FN2O5S/c1-12(2)22-28(25,26)17-10-8-16(9-11-17)21-18(23)13(3)27-19(24)14-4-6-15(20)7-5-14/h4-13,22H,1-3H3,(H,21,23)/t13-/m0/s1. The van der Waals surface area contributed by atoms with E-state index < -0.39 is 33.8 Å². The lowest BCUT2D eigenvalue weighted by atomic mass is 10.2. The zero-order chi connectivity index (χ0) is 20.9. The number of nitrogens with one attached hydrogen (secondary N) is 2. The van der Waals surface area contributed by atoms with Gasteiger partial charge in [0.25, 0.3) is 5.91 Å². The first-order valence-electron chi connectivity index (χ1n) is 8.48. The largest absolute Gasteiger partial charge is 0.449 e. The fourth-order valence-corrected chi connectivity index (χ4v) is 3.46. The van der Waals surface area contributed by atoms with E-state index in [4.69, 9.17) is 4.74 Å². The summed E-state index contributed by atoms with van der Waals surface area (Å²) in [6.07, 6.45) is -1.11. The van der Waals surface area contributed by atoms with Gasteiger partial charge in [-0.05, 0) is 69.3 Å². The summed E-state index contributed by atoms with van der Waals surface area (Å²) in [6.45, 7) is 4.81. The molecule has 2 rings (SSSR count). The molecule has 2 N–H and O–H groups in total. The number of hydrogen-bond donors (Lipinski definition) is 2. The van der Waals surface area contributed by atoms with E-state index >= 15 is 0 Å². The number of ether oxygens (including phenoxy) is 1. The molecular formula is C19H21FN2O5S. The van der Waals surface area contributed by atoms with Crippen LogP contribution in [0.15, 0.2) is 53.4 Å². The number of halogens is 1. The fourth-order valence-electron chi connectivity index (χ4n) is 2.21. The highest BCUT2D eigenvalue weighted by atomic mass is 32.2. The van der Waals surface area contributed by atoms with Crippen molar-refractivity contribution < 1.29 is 27.1 Å². The summed E-state index contributed by atoms with van der Waals surface area (Å²) < 4.78 is 44.6. The first-order chi connectivity index (χ1) is 13.1. The Morgan fingerprint density at radius 3 is 2.07 bits per heavy atom. The highest BCUT2D eigenvalue weighted by molar-refractivity contribution is 7.89. The maximum absolute atomic E-state index is 12.9. The Morgan fingerprint density at radius 2 is 1.54 bits per heavy atom. The lowest BCUT2D eigenvalue weighted by Gasteiger charge is -2.14. The third kappa shape index (κ3) is 5.86. The molecule has 1 amide bonds. The van der Waals surface area contributed by atoms with E-state index in [-0.39, 0.29) is 16.5 Å². The number of anilines is 1. The molecule has 0 spiro atoms. The average Bonchev–Trinajstić information content (AvgIpc) is 2.61. The predicted octanol–water partition coefficient (Wildman–Crippen LogP) is 2.70. The van der Waals surface area contributed by atoms with Crippen molar-refractivity contribution in [2.75, 3.05) is 5.32 Å². The van der Waals surface area contributed by atoms with Crippen molar-refractivity contribution in [3.05, 3.63) is 59.9 Å². The van der Waals surface area contributed by atoms with Crippen LogP contribution in [0.1, 0.15) is 31.1 Å². The van der Waals surface area contributed by atoms with E-state index in [1.165, 1.54) is 43.3 Å². The average molecular weight is 408 g/mol. The predicted molar refractivity (Wildman–Crippen MR) is 102 cm³/mol. The Kier molecular flexibility index (Phi) is 6.87. The summed E-state index contributed by atoms with van der Waals surface area (Å²) in [5.74, 6) is -1.84. The lowest BCUT2D eigenvalue weighted by Crippen LogP contribution is -2.30. The number of sulfonamides is 1. The van der Waals surface area contributed by atoms with Crippen LogP contribution in [0.3, 0.4) is 0 Å². The quantitative estimate of drug-likeness (QED) is 0.686. The van der Waals surface area contributed by atoms with E-state index in [0.29, 0.717) is 5.69 Å². The summed E-state index contributed by atoms with van der Waals surface area (Å²) in [5, 5.41) is 2.54. The summed E-state index contributed by atoms with van der Waals surface area (Å²) in [6, 6.07) is 10.1. The Morgan fingerprint density at radius 1 is 0.964 bits per heavy atom. The van der Waals surface area contributed by atoms with Crippen LogP contribution in [0.25, 0.3) is 0 Å². The van der Waals surface area contributed by atoms with E-state index in [0.717, 1.165) is 12.1 Å². The first-order valence-corrected chi connectivity index (χ1v) is 9.96. The zero-order valence-electron chi connectivity index (χ0n) is 15.6. The fraction of sp³-hybridized carbons (Fsp3) is 0.263. The number of esters is 1. The number of carbonyl (C=O) groups is 2. The molecule has 7 nitrogen and oxygen atoms in total. The highest BCUT2D eigenvalue weighted by Crippen LogP contribution is 2.15. The summed E-state index contributed by atoms with van der Waals surface area (Å²) in [7, 11) is -3.63. The van der Waals surface area contributed by atoms with Crippen molar-refractivity contribution >= 4 is 27.6 Å². The molecule has 0 bridgehead atoms. The minimum atomic E-state index is -3.63. The summed E-state index contributed by atoms with van der Waals surface area (Å²) in [4.78, 5) is 24.2. The van der Waals surface area contributed by atoms with Gasteiger partial charge in [0, 0.05) is 11.7 Å². The summed E-state index contributed by atoms with van der Waals surface area (Å²) >= 11 is 0. The van der Waals surface area contributed by atoms with Gasteiger partial charge in [0.05, 0.1) is 10.5 Å². The molecule has 0 aliphatic heterocycles. The van der Waals surface area contributed by atoms with Crippen LogP contribution >= 0.6 is 0 Å². The summed E-state index contributed by atoms with van der Waals surface area (Å²) in [5.41, 5.74) is 0.464. The van der Waals surface area contributed by atoms with Gasteiger partial charge in [-0.3, -0.25) is 4.79 Å². The van der Waals surface area contributed by atoms with Gasteiger partial charge in [0.1, 0.15) is 5.82 Å². The van der Waals surface area contributed by atoms with Crippen LogP contribution in [0.2, 0.25) is 0 Å². The molecule has 0 saturated heterocycles. The molecule has 9 heteroatoms. The topological polar surface area (TPSA) is 102 Å². The van der Waals surface area contributed by atoms with E-state index in [2.05, 4.69) is 10.0 Å². The monoisotopic (exact) mass is 408 g/mol. The zero-order valence-corrected chi connectivity index (χ0v) is 16.4. The molecule has 0 fully saturated rings. The smallest absolute Gasteiger partial charge is 0.338 e. The molecule has 0 aromatic heterocycles. The second-order valence-corrected chi connectivity index (χ2v) is 8.06. The second kappa shape index (κ2) is 8.94. The Bertz CT molecular complexity index is 941. The third-order valence-electron chi connectivity index (χ3n) is 3.56. The van der Waals surface area contributed by atoms with Gasteiger partial charge in [0.2, 0.25) is 10.0 Å². The SMILES string of the molecule is CC(C)NS(=O)(=O)c1ccc(NC(=O)[C@H](C)OC(=O)c2ccc(F)cc2)cc1. The van der Waals surface area contributed by atoms with Crippen LogP contribution in [0.5, 0.6) is 0 Å². The van der Waals surface area contributed by atoms with Crippen LogP contribution in [-0.2, 0) is 19.6 Å². The lowest BCUT2D eigenvalue weighted by molar-refractivity contribution is -0.123. The molecule has 0 heterocycles. The molecule has 0 aliphatic rings. The maximum Gasteiger partial charge on any atom is 0.338 e. The van der Waals surface area contributed by atoms with E-state index in [1.807, 2.05) is 0 Å². The second-order valence-electron chi connectivity index (χ2n) is 6.34. The molecule has 150 valence electrons. The van der Waals surface area contributed by atoms with E-state index in [9.17, 15) is 22.4 Å². The number of benzene rings is 2. The van der Waals surface area contributed by atoms with Gasteiger partial charge in [0.15, 0.2) is 6.10 Å².